The summed E-state index contributed by atoms with van der Waals surface area (Å²) in [6.45, 7) is 2.42. The van der Waals surface area contributed by atoms with E-state index in [2.05, 4.69) is 0 Å². The molecule has 1 aliphatic rings. The molecular formula is C26H18N2O4S. The number of ether oxygens (including phenoxy) is 1. The molecule has 3 aromatic carbocycles. The first kappa shape index (κ1) is 19.7. The molecule has 3 heterocycles. The van der Waals surface area contributed by atoms with Gasteiger partial charge in [-0.15, -0.1) is 0 Å². The fourth-order valence-corrected chi connectivity index (χ4v) is 5.33. The second kappa shape index (κ2) is 7.56. The Morgan fingerprint density at radius 2 is 1.85 bits per heavy atom. The lowest BCUT2D eigenvalue weighted by Gasteiger charge is -2.23. The minimum Gasteiger partial charge on any atom is -0.494 e. The summed E-state index contributed by atoms with van der Waals surface area (Å²) in [4.78, 5) is 33.6. The number of rotatable bonds is 4. The minimum atomic E-state index is -0.672. The molecule has 0 spiro atoms. The van der Waals surface area contributed by atoms with Crippen molar-refractivity contribution >= 4 is 43.6 Å². The molecule has 0 radical (unpaired) electrons. The molecule has 2 aromatic heterocycles. The van der Waals surface area contributed by atoms with E-state index in [1.807, 2.05) is 55.5 Å². The maximum absolute atomic E-state index is 13.7. The highest BCUT2D eigenvalue weighted by atomic mass is 32.1. The Labute approximate surface area is 192 Å². The molecule has 162 valence electrons. The molecular weight excluding hydrogens is 436 g/mol. The van der Waals surface area contributed by atoms with Crippen molar-refractivity contribution in [1.82, 2.24) is 4.98 Å². The van der Waals surface area contributed by atoms with E-state index in [-0.39, 0.29) is 17.1 Å². The first-order valence-corrected chi connectivity index (χ1v) is 11.4. The van der Waals surface area contributed by atoms with Gasteiger partial charge in [-0.05, 0) is 48.9 Å². The maximum Gasteiger partial charge on any atom is 0.297 e. The Kier molecular flexibility index (Phi) is 4.52. The van der Waals surface area contributed by atoms with Crippen molar-refractivity contribution in [2.75, 3.05) is 11.5 Å². The Hall–Kier alpha value is -3.97. The Morgan fingerprint density at radius 3 is 2.70 bits per heavy atom. The molecule has 1 amide bonds. The fraction of sp³-hybridized carbons (Fsp3) is 0.115. The molecule has 7 heteroatoms. The van der Waals surface area contributed by atoms with Crippen molar-refractivity contribution in [3.05, 3.63) is 99.9 Å². The van der Waals surface area contributed by atoms with Crippen LogP contribution in [-0.4, -0.2) is 17.5 Å². The molecule has 0 bridgehead atoms. The number of aromatic nitrogens is 1. The number of amides is 1. The van der Waals surface area contributed by atoms with Gasteiger partial charge in [-0.3, -0.25) is 14.5 Å². The highest BCUT2D eigenvalue weighted by molar-refractivity contribution is 7.22. The summed E-state index contributed by atoms with van der Waals surface area (Å²) in [5, 5.41) is 0.962. The van der Waals surface area contributed by atoms with Crippen molar-refractivity contribution in [1.29, 1.82) is 0 Å². The number of hydrogen-bond donors (Lipinski definition) is 0. The smallest absolute Gasteiger partial charge is 0.297 e. The molecule has 0 aliphatic carbocycles. The first-order chi connectivity index (χ1) is 16.2. The van der Waals surface area contributed by atoms with Crippen LogP contribution < -0.4 is 15.1 Å². The van der Waals surface area contributed by atoms with E-state index in [4.69, 9.17) is 14.1 Å². The number of carbonyl (C=O) groups is 1. The molecule has 0 N–H and O–H groups in total. The number of anilines is 1. The third-order valence-corrected chi connectivity index (χ3v) is 6.79. The van der Waals surface area contributed by atoms with Crippen molar-refractivity contribution in [3.8, 4) is 5.75 Å². The lowest BCUT2D eigenvalue weighted by molar-refractivity contribution is 0.0971. The van der Waals surface area contributed by atoms with Crippen LogP contribution >= 0.6 is 11.3 Å². The highest BCUT2D eigenvalue weighted by Gasteiger charge is 2.45. The second-order valence-electron chi connectivity index (χ2n) is 7.72. The standard InChI is InChI=1S/C26H18N2O4S/c1-2-31-16-9-7-8-15(14-16)22-21-23(29)17-10-3-5-12-19(17)32-24(21)25(30)28(22)26-27-18-11-4-6-13-20(18)33-26/h3-14,22H,2H2,1H3. The number of carbonyl (C=O) groups excluding carboxylic acids is 1. The topological polar surface area (TPSA) is 72.6 Å². The molecule has 0 saturated heterocycles. The van der Waals surface area contributed by atoms with Crippen LogP contribution in [0, 0.1) is 0 Å². The van der Waals surface area contributed by atoms with Crippen LogP contribution in [0.3, 0.4) is 0 Å². The number of para-hydroxylation sites is 2. The number of nitrogens with zero attached hydrogens (tertiary/aromatic N) is 2. The van der Waals surface area contributed by atoms with Crippen LogP contribution in [0.25, 0.3) is 21.2 Å². The van der Waals surface area contributed by atoms with E-state index >= 15 is 0 Å². The van der Waals surface area contributed by atoms with E-state index in [1.54, 1.807) is 29.2 Å². The van der Waals surface area contributed by atoms with Crippen molar-refractivity contribution in [2.24, 2.45) is 0 Å². The molecule has 5 aromatic rings. The van der Waals surface area contributed by atoms with E-state index < -0.39 is 6.04 Å². The third kappa shape index (κ3) is 3.04. The largest absolute Gasteiger partial charge is 0.494 e. The number of benzene rings is 3. The summed E-state index contributed by atoms with van der Waals surface area (Å²) in [6.07, 6.45) is 0. The van der Waals surface area contributed by atoms with Crippen molar-refractivity contribution in [3.63, 3.8) is 0 Å². The zero-order chi connectivity index (χ0) is 22.5. The van der Waals surface area contributed by atoms with Gasteiger partial charge in [0.25, 0.3) is 5.91 Å². The lowest BCUT2D eigenvalue weighted by Crippen LogP contribution is -2.29. The van der Waals surface area contributed by atoms with Crippen LogP contribution in [0.5, 0.6) is 5.75 Å². The zero-order valence-electron chi connectivity index (χ0n) is 17.6. The monoisotopic (exact) mass is 454 g/mol. The van der Waals surface area contributed by atoms with Gasteiger partial charge in [0.05, 0.1) is 33.8 Å². The van der Waals surface area contributed by atoms with Crippen LogP contribution in [-0.2, 0) is 0 Å². The Bertz CT molecular complexity index is 1570. The molecule has 6 rings (SSSR count). The van der Waals surface area contributed by atoms with Crippen LogP contribution in [0.2, 0.25) is 0 Å². The normalized spacial score (nSPS) is 15.4. The SMILES string of the molecule is CCOc1cccc(C2c3c(oc4ccccc4c3=O)C(=O)N2c2nc3ccccc3s2)c1. The zero-order valence-corrected chi connectivity index (χ0v) is 18.5. The lowest BCUT2D eigenvalue weighted by atomic mass is 9.98. The van der Waals surface area contributed by atoms with Gasteiger partial charge in [0, 0.05) is 0 Å². The second-order valence-corrected chi connectivity index (χ2v) is 8.73. The van der Waals surface area contributed by atoms with Gasteiger partial charge in [-0.25, -0.2) is 4.98 Å². The van der Waals surface area contributed by atoms with E-state index in [0.717, 1.165) is 15.8 Å². The Morgan fingerprint density at radius 1 is 1.03 bits per heavy atom. The summed E-state index contributed by atoms with van der Waals surface area (Å²) in [7, 11) is 0. The molecule has 6 nitrogen and oxygen atoms in total. The molecule has 1 unspecified atom stereocenters. The maximum atomic E-state index is 13.7. The van der Waals surface area contributed by atoms with Crippen LogP contribution in [0.4, 0.5) is 5.13 Å². The molecule has 1 aliphatic heterocycles. The van der Waals surface area contributed by atoms with Crippen LogP contribution in [0.1, 0.15) is 34.6 Å². The van der Waals surface area contributed by atoms with E-state index in [9.17, 15) is 9.59 Å². The third-order valence-electron chi connectivity index (χ3n) is 5.75. The number of fused-ring (bicyclic) bond motifs is 3. The summed E-state index contributed by atoms with van der Waals surface area (Å²) in [5.41, 5.74) is 2.06. The Balaban J connectivity index is 1.63. The van der Waals surface area contributed by atoms with Crippen molar-refractivity contribution in [2.45, 2.75) is 13.0 Å². The van der Waals surface area contributed by atoms with Gasteiger partial charge in [-0.1, -0.05) is 47.7 Å². The quantitative estimate of drug-likeness (QED) is 0.356. The summed E-state index contributed by atoms with van der Waals surface area (Å²) < 4.78 is 12.7. The molecule has 1 atom stereocenters. The average Bonchev–Trinajstić information content (AvgIpc) is 3.39. The highest BCUT2D eigenvalue weighted by Crippen LogP contribution is 2.44. The average molecular weight is 455 g/mol. The van der Waals surface area contributed by atoms with Gasteiger partial charge in [0.15, 0.2) is 10.6 Å². The first-order valence-electron chi connectivity index (χ1n) is 10.6. The van der Waals surface area contributed by atoms with Crippen molar-refractivity contribution < 1.29 is 13.9 Å². The summed E-state index contributed by atoms with van der Waals surface area (Å²) in [6, 6.07) is 21.5. The molecule has 0 fully saturated rings. The minimum absolute atomic E-state index is 0.0600. The molecule has 0 saturated carbocycles. The predicted molar refractivity (Wildman–Crippen MR) is 128 cm³/mol. The summed E-state index contributed by atoms with van der Waals surface area (Å²) in [5.74, 6) is 0.355. The van der Waals surface area contributed by atoms with Gasteiger partial charge in [0.1, 0.15) is 11.3 Å². The summed E-state index contributed by atoms with van der Waals surface area (Å²) >= 11 is 1.41. The fourth-order valence-electron chi connectivity index (χ4n) is 4.34. The number of thiazole rings is 1. The van der Waals surface area contributed by atoms with Gasteiger partial charge < -0.3 is 9.15 Å². The van der Waals surface area contributed by atoms with Crippen LogP contribution in [0.15, 0.2) is 82.0 Å². The number of hydrogen-bond acceptors (Lipinski definition) is 6. The van der Waals surface area contributed by atoms with Gasteiger partial charge in [-0.2, -0.15) is 0 Å². The predicted octanol–water partition coefficient (Wildman–Crippen LogP) is 5.55. The van der Waals surface area contributed by atoms with Gasteiger partial charge >= 0.3 is 0 Å². The van der Waals surface area contributed by atoms with E-state index in [1.165, 1.54) is 11.3 Å². The van der Waals surface area contributed by atoms with Gasteiger partial charge in [0.2, 0.25) is 5.76 Å². The molecule has 33 heavy (non-hydrogen) atoms. The van der Waals surface area contributed by atoms with E-state index in [0.29, 0.717) is 34.0 Å².